The van der Waals surface area contributed by atoms with Crippen LogP contribution in [0.15, 0.2) is 0 Å². The van der Waals surface area contributed by atoms with Crippen LogP contribution < -0.4 is 5.32 Å². The standard InChI is InChI=1S/C11H24N2OS/c1-9(2)13(4)11(14)7-12-6-10(3)8-15-5/h9-10,12H,6-8H2,1-5H3. The number of rotatable bonds is 7. The molecule has 0 aliphatic heterocycles. The number of hydrogen-bond donors (Lipinski definition) is 1. The van der Waals surface area contributed by atoms with Crippen molar-refractivity contribution in [2.45, 2.75) is 26.8 Å². The van der Waals surface area contributed by atoms with E-state index in [-0.39, 0.29) is 11.9 Å². The Balaban J connectivity index is 3.63. The van der Waals surface area contributed by atoms with Crippen LogP contribution in [0, 0.1) is 5.92 Å². The largest absolute Gasteiger partial charge is 0.342 e. The van der Waals surface area contributed by atoms with E-state index in [2.05, 4.69) is 18.5 Å². The first-order valence-corrected chi connectivity index (χ1v) is 6.83. The van der Waals surface area contributed by atoms with Crippen LogP contribution in [0.3, 0.4) is 0 Å². The number of thioether (sulfide) groups is 1. The number of carbonyl (C=O) groups excluding carboxylic acids is 1. The molecule has 0 saturated heterocycles. The molecule has 0 aliphatic rings. The number of carbonyl (C=O) groups is 1. The van der Waals surface area contributed by atoms with Gasteiger partial charge in [-0.1, -0.05) is 6.92 Å². The number of nitrogens with one attached hydrogen (secondary N) is 1. The van der Waals surface area contributed by atoms with E-state index >= 15 is 0 Å². The summed E-state index contributed by atoms with van der Waals surface area (Å²) < 4.78 is 0. The topological polar surface area (TPSA) is 32.3 Å². The highest BCUT2D eigenvalue weighted by molar-refractivity contribution is 7.98. The lowest BCUT2D eigenvalue weighted by Crippen LogP contribution is -2.40. The number of amides is 1. The second-order valence-corrected chi connectivity index (χ2v) is 5.20. The molecular weight excluding hydrogens is 208 g/mol. The SMILES string of the molecule is CSCC(C)CNCC(=O)N(C)C(C)C. The summed E-state index contributed by atoms with van der Waals surface area (Å²) in [5.74, 6) is 1.93. The van der Waals surface area contributed by atoms with E-state index in [0.717, 1.165) is 12.3 Å². The third-order valence-corrected chi connectivity index (χ3v) is 3.29. The Hall–Kier alpha value is -0.220. The second kappa shape index (κ2) is 7.99. The van der Waals surface area contributed by atoms with Gasteiger partial charge < -0.3 is 10.2 Å². The van der Waals surface area contributed by atoms with Crippen LogP contribution in [0.25, 0.3) is 0 Å². The summed E-state index contributed by atoms with van der Waals surface area (Å²) in [6.07, 6.45) is 2.11. The monoisotopic (exact) mass is 232 g/mol. The second-order valence-electron chi connectivity index (χ2n) is 4.29. The molecule has 15 heavy (non-hydrogen) atoms. The molecule has 1 N–H and O–H groups in total. The molecule has 0 saturated carbocycles. The lowest BCUT2D eigenvalue weighted by molar-refractivity contribution is -0.130. The molecule has 0 fully saturated rings. The van der Waals surface area contributed by atoms with Gasteiger partial charge in [0.05, 0.1) is 6.54 Å². The van der Waals surface area contributed by atoms with Crippen LogP contribution in [0.2, 0.25) is 0 Å². The summed E-state index contributed by atoms with van der Waals surface area (Å²) in [6.45, 7) is 7.61. The van der Waals surface area contributed by atoms with Gasteiger partial charge >= 0.3 is 0 Å². The van der Waals surface area contributed by atoms with Crippen LogP contribution in [-0.4, -0.2) is 49.0 Å². The Morgan fingerprint density at radius 3 is 2.47 bits per heavy atom. The average Bonchev–Trinajstić information content (AvgIpc) is 2.16. The summed E-state index contributed by atoms with van der Waals surface area (Å²) >= 11 is 1.84. The summed E-state index contributed by atoms with van der Waals surface area (Å²) in [7, 11) is 1.85. The molecule has 1 amide bonds. The quantitative estimate of drug-likeness (QED) is 0.721. The van der Waals surface area contributed by atoms with Gasteiger partial charge in [0.1, 0.15) is 0 Å². The van der Waals surface area contributed by atoms with Crippen LogP contribution in [0.4, 0.5) is 0 Å². The Kier molecular flexibility index (Phi) is 7.88. The van der Waals surface area contributed by atoms with Gasteiger partial charge in [0, 0.05) is 13.1 Å². The first-order chi connectivity index (χ1) is 6.99. The van der Waals surface area contributed by atoms with E-state index in [0.29, 0.717) is 12.5 Å². The molecule has 1 atom stereocenters. The molecule has 0 aromatic rings. The lowest BCUT2D eigenvalue weighted by atomic mass is 10.2. The molecule has 0 aromatic heterocycles. The van der Waals surface area contributed by atoms with Gasteiger partial charge in [-0.3, -0.25) is 4.79 Å². The Bertz CT molecular complexity index is 185. The molecule has 90 valence electrons. The van der Waals surface area contributed by atoms with Crippen LogP contribution in [0.1, 0.15) is 20.8 Å². The fourth-order valence-electron chi connectivity index (χ4n) is 1.18. The molecule has 0 bridgehead atoms. The van der Waals surface area contributed by atoms with Crippen LogP contribution in [0.5, 0.6) is 0 Å². The molecule has 4 heteroatoms. The van der Waals surface area contributed by atoms with Gasteiger partial charge in [-0.05, 0) is 38.3 Å². The zero-order chi connectivity index (χ0) is 11.8. The zero-order valence-corrected chi connectivity index (χ0v) is 11.4. The smallest absolute Gasteiger partial charge is 0.236 e. The Morgan fingerprint density at radius 2 is 2.00 bits per heavy atom. The van der Waals surface area contributed by atoms with Crippen molar-refractivity contribution < 1.29 is 4.79 Å². The summed E-state index contributed by atoms with van der Waals surface area (Å²) in [6, 6.07) is 0.280. The van der Waals surface area contributed by atoms with E-state index in [1.165, 1.54) is 0 Å². The van der Waals surface area contributed by atoms with Crippen molar-refractivity contribution in [1.82, 2.24) is 10.2 Å². The van der Waals surface area contributed by atoms with E-state index < -0.39 is 0 Å². The molecule has 3 nitrogen and oxygen atoms in total. The van der Waals surface area contributed by atoms with Gasteiger partial charge in [0.15, 0.2) is 0 Å². The molecule has 0 rings (SSSR count). The molecule has 0 radical (unpaired) electrons. The third kappa shape index (κ3) is 6.79. The van der Waals surface area contributed by atoms with Crippen LogP contribution >= 0.6 is 11.8 Å². The van der Waals surface area contributed by atoms with Crippen molar-refractivity contribution in [2.24, 2.45) is 5.92 Å². The van der Waals surface area contributed by atoms with Gasteiger partial charge in [-0.25, -0.2) is 0 Å². The molecule has 0 aromatic carbocycles. The first kappa shape index (κ1) is 14.8. The fraction of sp³-hybridized carbons (Fsp3) is 0.909. The number of nitrogens with zero attached hydrogens (tertiary/aromatic N) is 1. The average molecular weight is 232 g/mol. The minimum absolute atomic E-state index is 0.168. The highest BCUT2D eigenvalue weighted by atomic mass is 32.2. The van der Waals surface area contributed by atoms with Crippen molar-refractivity contribution in [1.29, 1.82) is 0 Å². The molecule has 0 aliphatic carbocycles. The Labute approximate surface area is 98.0 Å². The third-order valence-electron chi connectivity index (χ3n) is 2.39. The summed E-state index contributed by atoms with van der Waals surface area (Å²) in [5.41, 5.74) is 0. The summed E-state index contributed by atoms with van der Waals surface area (Å²) in [4.78, 5) is 13.4. The maximum Gasteiger partial charge on any atom is 0.236 e. The number of likely N-dealkylation sites (N-methyl/N-ethyl adjacent to an activating group) is 1. The van der Waals surface area contributed by atoms with Gasteiger partial charge in [0.25, 0.3) is 0 Å². The van der Waals surface area contributed by atoms with Gasteiger partial charge in [0.2, 0.25) is 5.91 Å². The molecule has 0 spiro atoms. The van der Waals surface area contributed by atoms with Crippen molar-refractivity contribution in [3.63, 3.8) is 0 Å². The highest BCUT2D eigenvalue weighted by Crippen LogP contribution is 2.02. The zero-order valence-electron chi connectivity index (χ0n) is 10.5. The maximum absolute atomic E-state index is 11.6. The molecule has 0 heterocycles. The van der Waals surface area contributed by atoms with Crippen molar-refractivity contribution >= 4 is 17.7 Å². The maximum atomic E-state index is 11.6. The predicted molar refractivity (Wildman–Crippen MR) is 68.3 cm³/mol. The van der Waals surface area contributed by atoms with Crippen LogP contribution in [-0.2, 0) is 4.79 Å². The van der Waals surface area contributed by atoms with Gasteiger partial charge in [-0.2, -0.15) is 11.8 Å². The normalized spacial score (nSPS) is 12.9. The van der Waals surface area contributed by atoms with E-state index in [9.17, 15) is 4.79 Å². The van der Waals surface area contributed by atoms with Crippen molar-refractivity contribution in [2.75, 3.05) is 32.1 Å². The first-order valence-electron chi connectivity index (χ1n) is 5.44. The fourth-order valence-corrected chi connectivity index (χ4v) is 1.87. The Morgan fingerprint density at radius 1 is 1.40 bits per heavy atom. The van der Waals surface area contributed by atoms with E-state index in [4.69, 9.17) is 0 Å². The number of hydrogen-bond acceptors (Lipinski definition) is 3. The highest BCUT2D eigenvalue weighted by Gasteiger charge is 2.11. The minimum Gasteiger partial charge on any atom is -0.342 e. The van der Waals surface area contributed by atoms with E-state index in [1.807, 2.05) is 32.7 Å². The van der Waals surface area contributed by atoms with E-state index in [1.54, 1.807) is 4.90 Å². The van der Waals surface area contributed by atoms with Crippen molar-refractivity contribution in [3.05, 3.63) is 0 Å². The molecular formula is C11H24N2OS. The lowest BCUT2D eigenvalue weighted by Gasteiger charge is -2.22. The molecule has 1 unspecified atom stereocenters. The van der Waals surface area contributed by atoms with Gasteiger partial charge in [-0.15, -0.1) is 0 Å². The summed E-state index contributed by atoms with van der Waals surface area (Å²) in [5, 5.41) is 3.20. The predicted octanol–water partition coefficient (Wildman–Crippen LogP) is 1.44. The van der Waals surface area contributed by atoms with Crippen molar-refractivity contribution in [3.8, 4) is 0 Å². The minimum atomic E-state index is 0.168.